The third-order valence-electron chi connectivity index (χ3n) is 5.34. The molecule has 148 valence electrons. The molecule has 1 aliphatic heterocycles. The minimum atomic E-state index is -3.69. The van der Waals surface area contributed by atoms with Crippen molar-refractivity contribution in [2.45, 2.75) is 6.42 Å². The topological polar surface area (TPSA) is 66.8 Å². The highest BCUT2D eigenvalue weighted by Gasteiger charge is 2.40. The van der Waals surface area contributed by atoms with Crippen molar-refractivity contribution in [2.24, 2.45) is 0 Å². The van der Waals surface area contributed by atoms with E-state index in [2.05, 4.69) is 0 Å². The molecule has 0 bridgehead atoms. The summed E-state index contributed by atoms with van der Waals surface area (Å²) < 4.78 is 20.6. The van der Waals surface area contributed by atoms with E-state index in [4.69, 9.17) is 4.52 Å². The minimum Gasteiger partial charge on any atom is -0.508 e. The first-order chi connectivity index (χ1) is 14.6. The number of rotatable bonds is 3. The maximum absolute atomic E-state index is 14.3. The largest absolute Gasteiger partial charge is 0.508 e. The lowest BCUT2D eigenvalue weighted by Crippen LogP contribution is -2.26. The predicted octanol–water partition coefficient (Wildman–Crippen LogP) is 4.98. The maximum atomic E-state index is 14.3. The van der Waals surface area contributed by atoms with Crippen molar-refractivity contribution >= 4 is 18.0 Å². The highest BCUT2D eigenvalue weighted by atomic mass is 31.2. The Morgan fingerprint density at radius 1 is 0.733 bits per heavy atom. The van der Waals surface area contributed by atoms with E-state index in [1.165, 1.54) is 18.2 Å². The molecule has 1 unspecified atom stereocenters. The lowest BCUT2D eigenvalue weighted by atomic mass is 9.97. The third-order valence-corrected chi connectivity index (χ3v) is 7.80. The Hall–Kier alpha value is -3.49. The minimum absolute atomic E-state index is 0.0810. The summed E-state index contributed by atoms with van der Waals surface area (Å²) in [7, 11) is -3.69. The molecule has 0 aromatic heterocycles. The zero-order valence-electron chi connectivity index (χ0n) is 16.0. The lowest BCUT2D eigenvalue weighted by Gasteiger charge is -2.30. The van der Waals surface area contributed by atoms with Gasteiger partial charge in [0.15, 0.2) is 0 Å². The molecule has 5 heteroatoms. The highest BCUT2D eigenvalue weighted by Crippen LogP contribution is 2.56. The van der Waals surface area contributed by atoms with Gasteiger partial charge < -0.3 is 14.7 Å². The molecule has 1 heterocycles. The Morgan fingerprint density at radius 2 is 1.47 bits per heavy atom. The summed E-state index contributed by atoms with van der Waals surface area (Å²) in [5.41, 5.74) is 3.70. The Labute approximate surface area is 174 Å². The summed E-state index contributed by atoms with van der Waals surface area (Å²) in [4.78, 5) is 0. The molecule has 0 saturated carbocycles. The van der Waals surface area contributed by atoms with Gasteiger partial charge in [0.1, 0.15) is 17.2 Å². The van der Waals surface area contributed by atoms with E-state index in [1.54, 1.807) is 12.1 Å². The van der Waals surface area contributed by atoms with E-state index in [9.17, 15) is 14.8 Å². The molecule has 0 aliphatic carbocycles. The van der Waals surface area contributed by atoms with Crippen LogP contribution in [0.5, 0.6) is 17.2 Å². The quantitative estimate of drug-likeness (QED) is 0.367. The van der Waals surface area contributed by atoms with Gasteiger partial charge in [0, 0.05) is 12.0 Å². The van der Waals surface area contributed by atoms with Crippen molar-refractivity contribution in [2.75, 3.05) is 0 Å². The second-order valence-electron chi connectivity index (χ2n) is 7.29. The monoisotopic (exact) mass is 414 g/mol. The molecular formula is C25H19O4P. The number of fused-ring (bicyclic) bond motifs is 3. The molecule has 0 fully saturated rings. The SMILES string of the molecule is O=P1(c2cc(O)ccc2O)Oc2c(Cc3ccccc3)cccc2-c2ccccc21. The first-order valence-electron chi connectivity index (χ1n) is 9.64. The normalized spacial score (nSPS) is 16.9. The molecular weight excluding hydrogens is 395 g/mol. The van der Waals surface area contributed by atoms with Crippen molar-refractivity contribution in [3.05, 3.63) is 102 Å². The van der Waals surface area contributed by atoms with Crippen LogP contribution in [-0.2, 0) is 11.0 Å². The number of para-hydroxylation sites is 1. The summed E-state index contributed by atoms with van der Waals surface area (Å²) in [6, 6.07) is 27.3. The number of phenolic OH excluding ortho intramolecular Hbond substituents is 2. The van der Waals surface area contributed by atoms with Gasteiger partial charge in [0.05, 0.1) is 10.6 Å². The fourth-order valence-electron chi connectivity index (χ4n) is 3.92. The molecule has 30 heavy (non-hydrogen) atoms. The molecule has 0 spiro atoms. The molecule has 1 aliphatic rings. The zero-order chi connectivity index (χ0) is 20.7. The van der Waals surface area contributed by atoms with Gasteiger partial charge in [0.2, 0.25) is 0 Å². The zero-order valence-corrected chi connectivity index (χ0v) is 16.9. The van der Waals surface area contributed by atoms with Crippen LogP contribution in [-0.4, -0.2) is 10.2 Å². The van der Waals surface area contributed by atoms with E-state index in [0.29, 0.717) is 17.5 Å². The summed E-state index contributed by atoms with van der Waals surface area (Å²) in [6.07, 6.45) is 0.623. The number of hydrogen-bond donors (Lipinski definition) is 2. The molecule has 0 amide bonds. The van der Waals surface area contributed by atoms with E-state index in [-0.39, 0.29) is 16.8 Å². The van der Waals surface area contributed by atoms with Crippen molar-refractivity contribution in [1.82, 2.24) is 0 Å². The van der Waals surface area contributed by atoms with Gasteiger partial charge in [-0.05, 0) is 41.0 Å². The van der Waals surface area contributed by atoms with Gasteiger partial charge in [-0.1, -0.05) is 66.7 Å². The molecule has 2 N–H and O–H groups in total. The van der Waals surface area contributed by atoms with Crippen LogP contribution in [0, 0.1) is 0 Å². The molecule has 4 nitrogen and oxygen atoms in total. The van der Waals surface area contributed by atoms with Crippen molar-refractivity contribution in [3.63, 3.8) is 0 Å². The van der Waals surface area contributed by atoms with Crippen molar-refractivity contribution in [3.8, 4) is 28.4 Å². The fraction of sp³-hybridized carbons (Fsp3) is 0.0400. The molecule has 4 aromatic rings. The Kier molecular flexibility index (Phi) is 4.38. The number of aromatic hydroxyl groups is 2. The Balaban J connectivity index is 1.73. The summed E-state index contributed by atoms with van der Waals surface area (Å²) in [5.74, 6) is 0.295. The van der Waals surface area contributed by atoms with Crippen molar-refractivity contribution < 1.29 is 19.3 Å². The Morgan fingerprint density at radius 3 is 2.30 bits per heavy atom. The van der Waals surface area contributed by atoms with Gasteiger partial charge in [-0.25, -0.2) is 0 Å². The van der Waals surface area contributed by atoms with Gasteiger partial charge in [0.25, 0.3) is 0 Å². The molecule has 1 atom stereocenters. The van der Waals surface area contributed by atoms with Crippen LogP contribution < -0.4 is 15.1 Å². The van der Waals surface area contributed by atoms with Crippen LogP contribution in [0.15, 0.2) is 91.0 Å². The average molecular weight is 414 g/mol. The second-order valence-corrected chi connectivity index (χ2v) is 9.54. The van der Waals surface area contributed by atoms with Crippen LogP contribution in [0.25, 0.3) is 11.1 Å². The first kappa shape index (κ1) is 18.5. The standard InChI is InChI=1S/C25H19O4P/c26-19-13-14-22(27)24(16-19)30(28)23-12-5-4-10-20(23)21-11-6-9-18(25(21)29-30)15-17-7-2-1-3-8-17/h1-14,16,26-27H,15H2. The lowest BCUT2D eigenvalue weighted by molar-refractivity contribution is 0.459. The molecule has 0 radical (unpaired) electrons. The molecule has 5 rings (SSSR count). The molecule has 0 saturated heterocycles. The van der Waals surface area contributed by atoms with E-state index in [0.717, 1.165) is 22.3 Å². The second kappa shape index (κ2) is 7.08. The van der Waals surface area contributed by atoms with Crippen molar-refractivity contribution in [1.29, 1.82) is 0 Å². The van der Waals surface area contributed by atoms with E-state index < -0.39 is 7.37 Å². The Bertz CT molecular complexity index is 1300. The van der Waals surface area contributed by atoms with E-state index >= 15 is 0 Å². The number of hydrogen-bond acceptors (Lipinski definition) is 4. The van der Waals surface area contributed by atoms with Gasteiger partial charge in [-0.2, -0.15) is 0 Å². The first-order valence-corrected chi connectivity index (χ1v) is 11.3. The van der Waals surface area contributed by atoms with Crippen LogP contribution in [0.1, 0.15) is 11.1 Å². The third kappa shape index (κ3) is 2.97. The predicted molar refractivity (Wildman–Crippen MR) is 118 cm³/mol. The van der Waals surface area contributed by atoms with Crippen LogP contribution in [0.4, 0.5) is 0 Å². The van der Waals surface area contributed by atoms with Gasteiger partial charge >= 0.3 is 7.37 Å². The summed E-state index contributed by atoms with van der Waals surface area (Å²) >= 11 is 0. The number of phenols is 2. The van der Waals surface area contributed by atoms with Crippen LogP contribution in [0.2, 0.25) is 0 Å². The average Bonchev–Trinajstić information content (AvgIpc) is 2.77. The van der Waals surface area contributed by atoms with Crippen LogP contribution >= 0.6 is 7.37 Å². The van der Waals surface area contributed by atoms with Gasteiger partial charge in [-0.3, -0.25) is 4.57 Å². The molecule has 4 aromatic carbocycles. The summed E-state index contributed by atoms with van der Waals surface area (Å²) in [6.45, 7) is 0. The van der Waals surface area contributed by atoms with Gasteiger partial charge in [-0.15, -0.1) is 0 Å². The van der Waals surface area contributed by atoms with E-state index in [1.807, 2.05) is 60.7 Å². The van der Waals surface area contributed by atoms with Crippen LogP contribution in [0.3, 0.4) is 0 Å². The smallest absolute Gasteiger partial charge is 0.311 e. The summed E-state index contributed by atoms with van der Waals surface area (Å²) in [5, 5.41) is 21.1. The number of benzene rings is 4. The maximum Gasteiger partial charge on any atom is 0.311 e. The highest BCUT2D eigenvalue weighted by molar-refractivity contribution is 7.75. The fourth-order valence-corrected chi connectivity index (χ4v) is 6.32.